The Morgan fingerprint density at radius 3 is 2.52 bits per heavy atom. The van der Waals surface area contributed by atoms with Gasteiger partial charge in [0.05, 0.1) is 22.0 Å². The molecule has 3 rings (SSSR count). The van der Waals surface area contributed by atoms with Gasteiger partial charge in [-0.05, 0) is 18.6 Å². The maximum absolute atomic E-state index is 12.5. The van der Waals surface area contributed by atoms with Crippen LogP contribution in [0.5, 0.6) is 0 Å². The lowest BCUT2D eigenvalue weighted by atomic mass is 10.0. The fraction of sp³-hybridized carbons (Fsp3) is 0.111. The highest BCUT2D eigenvalue weighted by molar-refractivity contribution is 7.95. The van der Waals surface area contributed by atoms with Crippen LogP contribution in [0.4, 0.5) is 0 Å². The molecule has 1 aliphatic rings. The number of carbonyl (C=O) groups is 1. The van der Waals surface area contributed by atoms with Gasteiger partial charge in [-0.15, -0.1) is 0 Å². The molecule has 25 heavy (non-hydrogen) atoms. The van der Waals surface area contributed by atoms with E-state index in [-0.39, 0.29) is 16.2 Å². The third-order valence-corrected chi connectivity index (χ3v) is 5.83. The highest BCUT2D eigenvalue weighted by Gasteiger charge is 2.36. The number of benzene rings is 1. The average Bonchev–Trinajstić information content (AvgIpc) is 2.91. The fourth-order valence-electron chi connectivity index (χ4n) is 3.00. The van der Waals surface area contributed by atoms with Crippen LogP contribution in [0.25, 0.3) is 11.3 Å². The predicted octanol–water partition coefficient (Wildman–Crippen LogP) is 2.89. The topological polar surface area (TPSA) is 89.3 Å². The Bertz CT molecular complexity index is 1060. The van der Waals surface area contributed by atoms with Gasteiger partial charge in [0.25, 0.3) is 0 Å². The van der Waals surface area contributed by atoms with E-state index in [1.807, 2.05) is 25.1 Å². The van der Waals surface area contributed by atoms with Gasteiger partial charge in [0.2, 0.25) is 0 Å². The molecule has 2 heterocycles. The Kier molecular flexibility index (Phi) is 3.96. The number of para-hydroxylation sites is 1. The molecule has 0 saturated carbocycles. The number of nitrogens with zero attached hydrogens (tertiary/aromatic N) is 2. The summed E-state index contributed by atoms with van der Waals surface area (Å²) in [6.45, 7) is 9.15. The fourth-order valence-corrected chi connectivity index (χ4v) is 4.58. The summed E-state index contributed by atoms with van der Waals surface area (Å²) in [4.78, 5) is 11.7. The number of aromatic nitrogens is 2. The number of aryl methyl sites for hydroxylation is 1. The molecule has 0 spiro atoms. The standard InChI is InChI=1S/C18H16N2O4S/c1-4-12-15(5-2)25(23,24)10-13-16(18(21)22)19-20(17(12)13)14-9-7-6-8-11(14)3/h4-9H,1-2,10H2,3H3,(H,21,22). The van der Waals surface area contributed by atoms with Crippen LogP contribution in [-0.2, 0) is 15.6 Å². The molecule has 6 nitrogen and oxygen atoms in total. The van der Waals surface area contributed by atoms with Crippen molar-refractivity contribution < 1.29 is 18.3 Å². The molecule has 1 aliphatic heterocycles. The monoisotopic (exact) mass is 356 g/mol. The summed E-state index contributed by atoms with van der Waals surface area (Å²) in [5.74, 6) is -1.71. The first kappa shape index (κ1) is 16.9. The van der Waals surface area contributed by atoms with Gasteiger partial charge in [0.15, 0.2) is 15.5 Å². The van der Waals surface area contributed by atoms with Gasteiger partial charge >= 0.3 is 5.97 Å². The van der Waals surface area contributed by atoms with E-state index in [2.05, 4.69) is 18.3 Å². The van der Waals surface area contributed by atoms with Crippen LogP contribution in [-0.4, -0.2) is 29.3 Å². The van der Waals surface area contributed by atoms with Gasteiger partial charge in [-0.2, -0.15) is 5.10 Å². The summed E-state index contributed by atoms with van der Waals surface area (Å²) in [5.41, 5.74) is 2.17. The number of carboxylic acids is 1. The summed E-state index contributed by atoms with van der Waals surface area (Å²) in [6, 6.07) is 7.33. The Labute approximate surface area is 145 Å². The van der Waals surface area contributed by atoms with Gasteiger partial charge in [-0.1, -0.05) is 43.5 Å². The summed E-state index contributed by atoms with van der Waals surface area (Å²) >= 11 is 0. The highest BCUT2D eigenvalue weighted by Crippen LogP contribution is 2.38. The second kappa shape index (κ2) is 5.86. The zero-order chi connectivity index (χ0) is 18.4. The maximum atomic E-state index is 12.5. The van der Waals surface area contributed by atoms with Crippen molar-refractivity contribution in [3.05, 3.63) is 77.0 Å². The van der Waals surface area contributed by atoms with Gasteiger partial charge in [0, 0.05) is 11.1 Å². The van der Waals surface area contributed by atoms with Crippen LogP contribution >= 0.6 is 0 Å². The van der Waals surface area contributed by atoms with Crippen molar-refractivity contribution in [2.75, 3.05) is 0 Å². The molecule has 0 aliphatic carbocycles. The zero-order valence-corrected chi connectivity index (χ0v) is 14.4. The van der Waals surface area contributed by atoms with Crippen molar-refractivity contribution in [2.24, 2.45) is 0 Å². The molecule has 2 aromatic rings. The molecule has 1 aromatic carbocycles. The highest BCUT2D eigenvalue weighted by atomic mass is 32.2. The predicted molar refractivity (Wildman–Crippen MR) is 95.2 cm³/mol. The molecular weight excluding hydrogens is 340 g/mol. The van der Waals surface area contributed by atoms with E-state index in [9.17, 15) is 18.3 Å². The Hall–Kier alpha value is -2.93. The molecule has 0 fully saturated rings. The SMILES string of the molecule is C=CC1=C(C=C)S(=O)(=O)Cc2c(C(=O)O)nn(-c3ccccc3C)c21. The number of hydrogen-bond acceptors (Lipinski definition) is 4. The second-order valence-corrected chi connectivity index (χ2v) is 7.58. The van der Waals surface area contributed by atoms with E-state index in [1.165, 1.54) is 16.8 Å². The van der Waals surface area contributed by atoms with Gasteiger partial charge in [-0.25, -0.2) is 17.9 Å². The number of rotatable bonds is 4. The van der Waals surface area contributed by atoms with Gasteiger partial charge < -0.3 is 5.11 Å². The summed E-state index contributed by atoms with van der Waals surface area (Å²) in [5, 5.41) is 13.7. The third kappa shape index (κ3) is 2.53. The number of allylic oxidation sites excluding steroid dienone is 3. The largest absolute Gasteiger partial charge is 0.476 e. The van der Waals surface area contributed by atoms with Crippen LogP contribution < -0.4 is 0 Å². The normalized spacial score (nSPS) is 15.6. The molecule has 0 bridgehead atoms. The quantitative estimate of drug-likeness (QED) is 0.910. The lowest BCUT2D eigenvalue weighted by molar-refractivity contribution is 0.0689. The average molecular weight is 356 g/mol. The number of carboxylic acid groups (broad SMARTS) is 1. The van der Waals surface area contributed by atoms with Gasteiger partial charge in [-0.3, -0.25) is 0 Å². The zero-order valence-electron chi connectivity index (χ0n) is 13.6. The Morgan fingerprint density at radius 1 is 1.28 bits per heavy atom. The number of fused-ring (bicyclic) bond motifs is 1. The molecule has 0 amide bonds. The maximum Gasteiger partial charge on any atom is 0.356 e. The van der Waals surface area contributed by atoms with Crippen molar-refractivity contribution in [3.8, 4) is 5.69 Å². The lowest BCUT2D eigenvalue weighted by Gasteiger charge is -2.19. The first-order valence-electron chi connectivity index (χ1n) is 7.45. The molecule has 0 saturated heterocycles. The van der Waals surface area contributed by atoms with E-state index in [0.29, 0.717) is 17.0 Å². The first-order valence-corrected chi connectivity index (χ1v) is 9.10. The van der Waals surface area contributed by atoms with Crippen LogP contribution in [0.3, 0.4) is 0 Å². The van der Waals surface area contributed by atoms with E-state index in [0.717, 1.165) is 5.56 Å². The summed E-state index contributed by atoms with van der Waals surface area (Å²) in [7, 11) is -3.71. The molecule has 0 unspecified atom stereocenters. The molecule has 7 heteroatoms. The van der Waals surface area contributed by atoms with E-state index in [1.54, 1.807) is 6.07 Å². The number of sulfone groups is 1. The van der Waals surface area contributed by atoms with E-state index in [4.69, 9.17) is 0 Å². The smallest absolute Gasteiger partial charge is 0.356 e. The molecule has 1 N–H and O–H groups in total. The minimum Gasteiger partial charge on any atom is -0.476 e. The van der Waals surface area contributed by atoms with E-state index < -0.39 is 21.6 Å². The molecule has 0 atom stereocenters. The van der Waals surface area contributed by atoms with Crippen molar-refractivity contribution >= 4 is 21.4 Å². The summed E-state index contributed by atoms with van der Waals surface area (Å²) in [6.07, 6.45) is 2.65. The second-order valence-electron chi connectivity index (χ2n) is 5.62. The van der Waals surface area contributed by atoms with Crippen molar-refractivity contribution in [1.29, 1.82) is 0 Å². The minimum atomic E-state index is -3.71. The Morgan fingerprint density at radius 2 is 1.96 bits per heavy atom. The first-order chi connectivity index (χ1) is 11.8. The van der Waals surface area contributed by atoms with Crippen LogP contribution in [0.1, 0.15) is 27.3 Å². The lowest BCUT2D eigenvalue weighted by Crippen LogP contribution is -2.17. The third-order valence-electron chi connectivity index (χ3n) is 4.11. The molecule has 128 valence electrons. The molecule has 0 radical (unpaired) electrons. The number of aromatic carboxylic acids is 1. The van der Waals surface area contributed by atoms with E-state index >= 15 is 0 Å². The summed E-state index contributed by atoms with van der Waals surface area (Å²) < 4.78 is 26.5. The minimum absolute atomic E-state index is 0.0293. The van der Waals surface area contributed by atoms with Crippen LogP contribution in [0.2, 0.25) is 0 Å². The molecule has 1 aromatic heterocycles. The van der Waals surface area contributed by atoms with Crippen molar-refractivity contribution in [1.82, 2.24) is 9.78 Å². The van der Waals surface area contributed by atoms with Crippen molar-refractivity contribution in [2.45, 2.75) is 12.7 Å². The van der Waals surface area contributed by atoms with Crippen LogP contribution in [0.15, 0.2) is 54.5 Å². The van der Waals surface area contributed by atoms with Crippen LogP contribution in [0, 0.1) is 6.92 Å². The van der Waals surface area contributed by atoms with Gasteiger partial charge in [0.1, 0.15) is 0 Å². The Balaban J connectivity index is 2.48. The molecular formula is C18H16N2O4S. The van der Waals surface area contributed by atoms with Crippen molar-refractivity contribution in [3.63, 3.8) is 0 Å². The number of hydrogen-bond donors (Lipinski definition) is 1.